The number of anilines is 2. The van der Waals surface area contributed by atoms with Crippen molar-refractivity contribution in [1.29, 1.82) is 0 Å². The molecule has 2 aromatic carbocycles. The third kappa shape index (κ3) is 3.97. The summed E-state index contributed by atoms with van der Waals surface area (Å²) < 4.78 is 35.4. The summed E-state index contributed by atoms with van der Waals surface area (Å²) in [6, 6.07) is 12.2. The van der Waals surface area contributed by atoms with Crippen LogP contribution in [0.3, 0.4) is 0 Å². The number of amides is 1. The largest absolute Gasteiger partial charge is 0.376 e. The maximum atomic E-state index is 12.8. The maximum absolute atomic E-state index is 12.8. The van der Waals surface area contributed by atoms with E-state index in [2.05, 4.69) is 9.71 Å². The topological polar surface area (TPSA) is 88.1 Å². The fourth-order valence-electron chi connectivity index (χ4n) is 3.87. The van der Waals surface area contributed by atoms with Crippen LogP contribution in [0.2, 0.25) is 0 Å². The van der Waals surface area contributed by atoms with Gasteiger partial charge in [-0.05, 0) is 49.6 Å². The summed E-state index contributed by atoms with van der Waals surface area (Å²) in [6.45, 7) is 5.03. The molecule has 0 aliphatic carbocycles. The molecule has 4 rings (SSSR count). The molecule has 0 bridgehead atoms. The standard InChI is InChI=1S/C22H25N3O4S/c1-3-21-24-30(27,28)20-13-16(23-22(26)18-9-5-4-7-15(18)2)10-11-19(20)25(21)14-17-8-6-12-29-17/h4-5,7,9-11,13,17H,3,6,8,12,14H2,1-2H3,(H,23,26)/t17-/m1/s1. The van der Waals surface area contributed by atoms with Crippen LogP contribution in [0.15, 0.2) is 51.8 Å². The number of hydrogen-bond acceptors (Lipinski definition) is 5. The monoisotopic (exact) mass is 427 g/mol. The number of carbonyl (C=O) groups is 1. The van der Waals surface area contributed by atoms with Crippen molar-refractivity contribution in [3.63, 3.8) is 0 Å². The van der Waals surface area contributed by atoms with E-state index in [0.717, 1.165) is 25.0 Å². The molecular weight excluding hydrogens is 402 g/mol. The number of carbonyl (C=O) groups excluding carboxylic acids is 1. The molecule has 2 heterocycles. The van der Waals surface area contributed by atoms with E-state index >= 15 is 0 Å². The van der Waals surface area contributed by atoms with Gasteiger partial charge in [-0.1, -0.05) is 25.1 Å². The number of nitrogens with zero attached hydrogens (tertiary/aromatic N) is 2. The van der Waals surface area contributed by atoms with Crippen LogP contribution in [0, 0.1) is 6.92 Å². The van der Waals surface area contributed by atoms with Gasteiger partial charge in [0, 0.05) is 24.3 Å². The van der Waals surface area contributed by atoms with Gasteiger partial charge in [0.1, 0.15) is 10.7 Å². The van der Waals surface area contributed by atoms with Gasteiger partial charge in [-0.25, -0.2) is 0 Å². The quantitative estimate of drug-likeness (QED) is 0.785. The SMILES string of the molecule is CCC1=NS(=O)(=O)c2cc(NC(=O)c3ccccc3C)ccc2N1C[C@H]1CCCO1. The highest BCUT2D eigenvalue weighted by atomic mass is 32.2. The maximum Gasteiger partial charge on any atom is 0.286 e. The van der Waals surface area contributed by atoms with Gasteiger partial charge in [0.05, 0.1) is 18.3 Å². The number of amidine groups is 1. The van der Waals surface area contributed by atoms with Crippen LogP contribution in [0.1, 0.15) is 42.1 Å². The molecule has 0 radical (unpaired) electrons. The van der Waals surface area contributed by atoms with Gasteiger partial charge in [0.2, 0.25) is 0 Å². The highest BCUT2D eigenvalue weighted by molar-refractivity contribution is 7.90. The van der Waals surface area contributed by atoms with E-state index in [9.17, 15) is 13.2 Å². The molecule has 1 N–H and O–H groups in total. The molecule has 0 saturated carbocycles. The highest BCUT2D eigenvalue weighted by Crippen LogP contribution is 2.35. The van der Waals surface area contributed by atoms with Gasteiger partial charge < -0.3 is 15.0 Å². The Morgan fingerprint density at radius 2 is 2.07 bits per heavy atom. The zero-order valence-corrected chi connectivity index (χ0v) is 17.9. The number of nitrogens with one attached hydrogen (secondary N) is 1. The van der Waals surface area contributed by atoms with E-state index in [1.54, 1.807) is 24.3 Å². The van der Waals surface area contributed by atoms with E-state index in [0.29, 0.717) is 35.7 Å². The number of ether oxygens (including phenoxy) is 1. The molecule has 2 aromatic rings. The molecule has 0 aromatic heterocycles. The van der Waals surface area contributed by atoms with E-state index in [1.165, 1.54) is 6.07 Å². The van der Waals surface area contributed by atoms with E-state index in [4.69, 9.17) is 4.74 Å². The van der Waals surface area contributed by atoms with Crippen molar-refractivity contribution in [2.24, 2.45) is 4.40 Å². The summed E-state index contributed by atoms with van der Waals surface area (Å²) in [4.78, 5) is 14.7. The average Bonchev–Trinajstić information content (AvgIpc) is 3.23. The van der Waals surface area contributed by atoms with Crippen molar-refractivity contribution in [1.82, 2.24) is 0 Å². The first-order chi connectivity index (χ1) is 14.4. The molecule has 8 heteroatoms. The Hall–Kier alpha value is -2.71. The lowest BCUT2D eigenvalue weighted by Gasteiger charge is -2.32. The molecule has 158 valence electrons. The minimum absolute atomic E-state index is 0.0517. The minimum atomic E-state index is -3.85. The van der Waals surface area contributed by atoms with Gasteiger partial charge in [0.25, 0.3) is 15.9 Å². The lowest BCUT2D eigenvalue weighted by atomic mass is 10.1. The first-order valence-electron chi connectivity index (χ1n) is 10.1. The van der Waals surface area contributed by atoms with Gasteiger partial charge in [-0.3, -0.25) is 4.79 Å². The highest BCUT2D eigenvalue weighted by Gasteiger charge is 2.32. The number of benzene rings is 2. The van der Waals surface area contributed by atoms with Gasteiger partial charge >= 0.3 is 0 Å². The fourth-order valence-corrected chi connectivity index (χ4v) is 5.20. The zero-order chi connectivity index (χ0) is 21.3. The Balaban J connectivity index is 1.66. The van der Waals surface area contributed by atoms with Gasteiger partial charge in [-0.15, -0.1) is 4.40 Å². The molecular formula is C22H25N3O4S. The number of rotatable bonds is 5. The van der Waals surface area contributed by atoms with Crippen LogP contribution in [0.5, 0.6) is 0 Å². The van der Waals surface area contributed by atoms with Crippen LogP contribution in [-0.2, 0) is 14.8 Å². The number of fused-ring (bicyclic) bond motifs is 1. The molecule has 0 spiro atoms. The Labute approximate surface area is 176 Å². The molecule has 2 aliphatic heterocycles. The average molecular weight is 428 g/mol. The van der Waals surface area contributed by atoms with Crippen molar-refractivity contribution in [3.05, 3.63) is 53.6 Å². The molecule has 1 amide bonds. The number of hydrogen-bond donors (Lipinski definition) is 1. The van der Waals surface area contributed by atoms with Crippen molar-refractivity contribution in [3.8, 4) is 0 Å². The summed E-state index contributed by atoms with van der Waals surface area (Å²) >= 11 is 0. The molecule has 0 unspecified atom stereocenters. The minimum Gasteiger partial charge on any atom is -0.376 e. The van der Waals surface area contributed by atoms with Crippen molar-refractivity contribution >= 4 is 33.1 Å². The van der Waals surface area contributed by atoms with E-state index in [-0.39, 0.29) is 16.9 Å². The Morgan fingerprint density at radius 1 is 1.27 bits per heavy atom. The molecule has 2 aliphatic rings. The van der Waals surface area contributed by atoms with Gasteiger partial charge in [-0.2, -0.15) is 8.42 Å². The predicted molar refractivity (Wildman–Crippen MR) is 117 cm³/mol. The summed E-state index contributed by atoms with van der Waals surface area (Å²) in [7, 11) is -3.85. The van der Waals surface area contributed by atoms with Crippen LogP contribution in [0.4, 0.5) is 11.4 Å². The second kappa shape index (κ2) is 8.20. The zero-order valence-electron chi connectivity index (χ0n) is 17.1. The third-order valence-corrected chi connectivity index (χ3v) is 6.77. The Kier molecular flexibility index (Phi) is 5.62. The van der Waals surface area contributed by atoms with E-state index < -0.39 is 10.0 Å². The molecule has 1 fully saturated rings. The smallest absolute Gasteiger partial charge is 0.286 e. The van der Waals surface area contributed by atoms with E-state index in [1.807, 2.05) is 30.9 Å². The molecule has 1 saturated heterocycles. The second-order valence-corrected chi connectivity index (χ2v) is 9.11. The van der Waals surface area contributed by atoms with Crippen molar-refractivity contribution in [2.75, 3.05) is 23.4 Å². The molecule has 7 nitrogen and oxygen atoms in total. The molecule has 30 heavy (non-hydrogen) atoms. The lowest BCUT2D eigenvalue weighted by molar-refractivity contribution is 0.102. The van der Waals surface area contributed by atoms with Crippen LogP contribution < -0.4 is 10.2 Å². The number of sulfonamides is 1. The van der Waals surface area contributed by atoms with Gasteiger partial charge in [0.15, 0.2) is 0 Å². The summed E-state index contributed by atoms with van der Waals surface area (Å²) in [5, 5.41) is 2.81. The van der Waals surface area contributed by atoms with Crippen LogP contribution in [-0.4, -0.2) is 39.4 Å². The first-order valence-corrected chi connectivity index (χ1v) is 11.6. The number of aryl methyl sites for hydroxylation is 1. The Bertz CT molecular complexity index is 1110. The molecule has 1 atom stereocenters. The van der Waals surface area contributed by atoms with Crippen LogP contribution >= 0.6 is 0 Å². The van der Waals surface area contributed by atoms with Crippen molar-refractivity contribution in [2.45, 2.75) is 44.1 Å². The predicted octanol–water partition coefficient (Wildman–Crippen LogP) is 3.74. The summed E-state index contributed by atoms with van der Waals surface area (Å²) in [5.41, 5.74) is 2.38. The first kappa shape index (κ1) is 20.6. The lowest BCUT2D eigenvalue weighted by Crippen LogP contribution is -2.40. The summed E-state index contributed by atoms with van der Waals surface area (Å²) in [6.07, 6.45) is 2.50. The summed E-state index contributed by atoms with van der Waals surface area (Å²) in [5.74, 6) is 0.227. The third-order valence-electron chi connectivity index (χ3n) is 5.44. The van der Waals surface area contributed by atoms with Crippen LogP contribution in [0.25, 0.3) is 0 Å². The second-order valence-electron chi connectivity index (χ2n) is 7.53. The normalized spacial score (nSPS) is 19.9. The Morgan fingerprint density at radius 3 is 2.77 bits per heavy atom. The van der Waals surface area contributed by atoms with Crippen molar-refractivity contribution < 1.29 is 17.9 Å². The fraction of sp³-hybridized carbons (Fsp3) is 0.364.